The van der Waals surface area contributed by atoms with Crippen LogP contribution in [0.25, 0.3) is 0 Å². The quantitative estimate of drug-likeness (QED) is 0.548. The molecule has 0 aliphatic carbocycles. The summed E-state index contributed by atoms with van der Waals surface area (Å²) in [4.78, 5) is 10.9. The van der Waals surface area contributed by atoms with E-state index in [1.807, 2.05) is 6.92 Å². The minimum Gasteiger partial charge on any atom is -0.295 e. The Bertz CT molecular complexity index is 125. The van der Waals surface area contributed by atoms with Crippen molar-refractivity contribution in [2.75, 3.05) is 0 Å². The third-order valence-electron chi connectivity index (χ3n) is 1.60. The third kappa shape index (κ3) is 4.30. The molecule has 0 saturated heterocycles. The molecule has 0 bridgehead atoms. The van der Waals surface area contributed by atoms with Crippen LogP contribution in [0.5, 0.6) is 0 Å². The van der Waals surface area contributed by atoms with Crippen LogP contribution in [0.3, 0.4) is 0 Å². The van der Waals surface area contributed by atoms with E-state index in [-0.39, 0.29) is 5.78 Å². The molecule has 0 aromatic heterocycles. The van der Waals surface area contributed by atoms with Crippen molar-refractivity contribution in [3.8, 4) is 0 Å². The van der Waals surface area contributed by atoms with Gasteiger partial charge in [-0.3, -0.25) is 4.79 Å². The lowest BCUT2D eigenvalue weighted by molar-refractivity contribution is -0.115. The predicted molar refractivity (Wildman–Crippen MR) is 43.9 cm³/mol. The molecule has 1 unspecified atom stereocenters. The molecule has 0 heterocycles. The lowest BCUT2D eigenvalue weighted by atomic mass is 10.0. The fourth-order valence-electron chi connectivity index (χ4n) is 0.742. The van der Waals surface area contributed by atoms with Crippen molar-refractivity contribution in [3.05, 3.63) is 12.2 Å². The van der Waals surface area contributed by atoms with Crippen LogP contribution < -0.4 is 0 Å². The third-order valence-corrected chi connectivity index (χ3v) is 1.60. The molecule has 0 aliphatic rings. The Balaban J connectivity index is 3.57. The maximum absolute atomic E-state index is 10.9. The van der Waals surface area contributed by atoms with E-state index in [1.165, 1.54) is 0 Å². The van der Waals surface area contributed by atoms with Crippen LogP contribution in [0.4, 0.5) is 0 Å². The first-order valence-corrected chi connectivity index (χ1v) is 3.86. The molecule has 58 valence electrons. The van der Waals surface area contributed by atoms with Crippen molar-refractivity contribution in [2.45, 2.75) is 33.6 Å². The molecule has 0 aliphatic heterocycles. The van der Waals surface area contributed by atoms with Gasteiger partial charge in [0.25, 0.3) is 0 Å². The highest BCUT2D eigenvalue weighted by Gasteiger charge is 2.02. The van der Waals surface area contributed by atoms with E-state index in [2.05, 4.69) is 13.8 Å². The van der Waals surface area contributed by atoms with Gasteiger partial charge in [0.15, 0.2) is 5.78 Å². The summed E-state index contributed by atoms with van der Waals surface area (Å²) < 4.78 is 0. The Hall–Kier alpha value is -0.590. The van der Waals surface area contributed by atoms with E-state index >= 15 is 0 Å². The van der Waals surface area contributed by atoms with Gasteiger partial charge in [-0.05, 0) is 18.9 Å². The standard InChI is InChI=1S/C9H16O/c1-4-6-9(10)7-8(3)5-2/h4,6,8H,5,7H2,1-3H3/b6-4+. The summed E-state index contributed by atoms with van der Waals surface area (Å²) in [6.07, 6.45) is 5.22. The van der Waals surface area contributed by atoms with Crippen molar-refractivity contribution in [1.82, 2.24) is 0 Å². The second-order valence-electron chi connectivity index (χ2n) is 2.68. The molecule has 0 spiro atoms. The highest BCUT2D eigenvalue weighted by molar-refractivity contribution is 5.89. The summed E-state index contributed by atoms with van der Waals surface area (Å²) in [5, 5.41) is 0. The summed E-state index contributed by atoms with van der Waals surface area (Å²) >= 11 is 0. The lowest BCUT2D eigenvalue weighted by Crippen LogP contribution is -2.00. The zero-order chi connectivity index (χ0) is 7.98. The number of hydrogen-bond acceptors (Lipinski definition) is 1. The molecule has 1 heteroatoms. The first kappa shape index (κ1) is 9.41. The van der Waals surface area contributed by atoms with Crippen LogP contribution >= 0.6 is 0 Å². The van der Waals surface area contributed by atoms with Gasteiger partial charge in [-0.1, -0.05) is 26.3 Å². The van der Waals surface area contributed by atoms with Gasteiger partial charge in [-0.2, -0.15) is 0 Å². The van der Waals surface area contributed by atoms with Gasteiger partial charge in [0.05, 0.1) is 0 Å². The Kier molecular flexibility index (Phi) is 4.91. The number of carbonyl (C=O) groups is 1. The first-order valence-electron chi connectivity index (χ1n) is 3.86. The Morgan fingerprint density at radius 1 is 1.60 bits per heavy atom. The SMILES string of the molecule is C/C=C/C(=O)CC(C)CC. The zero-order valence-corrected chi connectivity index (χ0v) is 7.05. The second kappa shape index (κ2) is 5.21. The van der Waals surface area contributed by atoms with Gasteiger partial charge < -0.3 is 0 Å². The van der Waals surface area contributed by atoms with Crippen molar-refractivity contribution < 1.29 is 4.79 Å². The lowest BCUT2D eigenvalue weighted by Gasteiger charge is -2.02. The fourth-order valence-corrected chi connectivity index (χ4v) is 0.742. The van der Waals surface area contributed by atoms with E-state index in [1.54, 1.807) is 12.2 Å². The molecule has 1 nitrogen and oxygen atoms in total. The summed E-state index contributed by atoms with van der Waals surface area (Å²) in [6, 6.07) is 0. The Labute approximate surface area is 63.1 Å². The molecular formula is C9H16O. The highest BCUT2D eigenvalue weighted by Crippen LogP contribution is 2.06. The van der Waals surface area contributed by atoms with Crippen LogP contribution in [-0.4, -0.2) is 5.78 Å². The monoisotopic (exact) mass is 140 g/mol. The molecule has 0 N–H and O–H groups in total. The van der Waals surface area contributed by atoms with Gasteiger partial charge in [-0.15, -0.1) is 0 Å². The van der Waals surface area contributed by atoms with Gasteiger partial charge in [-0.25, -0.2) is 0 Å². The summed E-state index contributed by atoms with van der Waals surface area (Å²) in [7, 11) is 0. The van der Waals surface area contributed by atoms with Crippen molar-refractivity contribution >= 4 is 5.78 Å². The molecule has 0 aromatic carbocycles. The fraction of sp³-hybridized carbons (Fsp3) is 0.667. The Morgan fingerprint density at radius 3 is 2.60 bits per heavy atom. The zero-order valence-electron chi connectivity index (χ0n) is 7.05. The van der Waals surface area contributed by atoms with Crippen LogP contribution in [0.15, 0.2) is 12.2 Å². The van der Waals surface area contributed by atoms with Crippen LogP contribution in [0.2, 0.25) is 0 Å². The number of carbonyl (C=O) groups excluding carboxylic acids is 1. The van der Waals surface area contributed by atoms with E-state index in [0.717, 1.165) is 6.42 Å². The van der Waals surface area contributed by atoms with E-state index in [4.69, 9.17) is 0 Å². The van der Waals surface area contributed by atoms with E-state index in [0.29, 0.717) is 12.3 Å². The number of hydrogen-bond donors (Lipinski definition) is 0. The maximum atomic E-state index is 10.9. The van der Waals surface area contributed by atoms with Crippen LogP contribution in [-0.2, 0) is 4.79 Å². The molecule has 0 aromatic rings. The van der Waals surface area contributed by atoms with Crippen molar-refractivity contribution in [1.29, 1.82) is 0 Å². The molecular weight excluding hydrogens is 124 g/mol. The molecule has 0 amide bonds. The summed E-state index contributed by atoms with van der Waals surface area (Å²) in [6.45, 7) is 6.07. The largest absolute Gasteiger partial charge is 0.295 e. The molecule has 0 rings (SSSR count). The number of allylic oxidation sites excluding steroid dienone is 2. The van der Waals surface area contributed by atoms with Gasteiger partial charge in [0.1, 0.15) is 0 Å². The number of rotatable bonds is 4. The van der Waals surface area contributed by atoms with Crippen LogP contribution in [0, 0.1) is 5.92 Å². The molecule has 0 fully saturated rings. The van der Waals surface area contributed by atoms with E-state index < -0.39 is 0 Å². The normalized spacial score (nSPS) is 13.9. The van der Waals surface area contributed by atoms with Gasteiger partial charge in [0, 0.05) is 6.42 Å². The predicted octanol–water partition coefficient (Wildman–Crippen LogP) is 2.57. The average Bonchev–Trinajstić information content (AvgIpc) is 1.88. The summed E-state index contributed by atoms with van der Waals surface area (Å²) in [5.41, 5.74) is 0. The van der Waals surface area contributed by atoms with Crippen molar-refractivity contribution in [2.24, 2.45) is 5.92 Å². The summed E-state index contributed by atoms with van der Waals surface area (Å²) in [5.74, 6) is 0.778. The smallest absolute Gasteiger partial charge is 0.155 e. The van der Waals surface area contributed by atoms with Crippen molar-refractivity contribution in [3.63, 3.8) is 0 Å². The molecule has 1 atom stereocenters. The van der Waals surface area contributed by atoms with Crippen LogP contribution in [0.1, 0.15) is 33.6 Å². The highest BCUT2D eigenvalue weighted by atomic mass is 16.1. The average molecular weight is 140 g/mol. The topological polar surface area (TPSA) is 17.1 Å². The maximum Gasteiger partial charge on any atom is 0.155 e. The Morgan fingerprint density at radius 2 is 2.20 bits per heavy atom. The minimum absolute atomic E-state index is 0.247. The molecule has 10 heavy (non-hydrogen) atoms. The minimum atomic E-state index is 0.247. The first-order chi connectivity index (χ1) is 4.70. The van der Waals surface area contributed by atoms with Gasteiger partial charge >= 0.3 is 0 Å². The van der Waals surface area contributed by atoms with E-state index in [9.17, 15) is 4.79 Å². The van der Waals surface area contributed by atoms with Gasteiger partial charge in [0.2, 0.25) is 0 Å². The second-order valence-corrected chi connectivity index (χ2v) is 2.68. The molecule has 0 radical (unpaired) electrons. The number of ketones is 1. The molecule has 0 saturated carbocycles.